The number of ether oxygens (including phenoxy) is 1. The number of nitrogen functional groups attached to an aromatic ring is 1. The Kier molecular flexibility index (Phi) is 1.67. The molecule has 0 atom stereocenters. The Balaban J connectivity index is 3.14. The van der Waals surface area contributed by atoms with Gasteiger partial charge in [0.05, 0.1) is 7.11 Å². The summed E-state index contributed by atoms with van der Waals surface area (Å²) < 4.78 is 4.82. The highest BCUT2D eigenvalue weighted by Gasteiger charge is 2.01. The summed E-state index contributed by atoms with van der Waals surface area (Å²) >= 11 is 0. The maximum Gasteiger partial charge on any atom is 0.150 e. The summed E-state index contributed by atoms with van der Waals surface area (Å²) in [5.41, 5.74) is 5.61. The van der Waals surface area contributed by atoms with Gasteiger partial charge in [-0.2, -0.15) is 0 Å². The SMILES string of the molecule is COc1cc[c]c(O)c1N. The van der Waals surface area contributed by atoms with E-state index in [0.717, 1.165) is 0 Å². The van der Waals surface area contributed by atoms with Gasteiger partial charge in [0, 0.05) is 6.07 Å². The van der Waals surface area contributed by atoms with Crippen LogP contribution in [0.3, 0.4) is 0 Å². The zero-order chi connectivity index (χ0) is 7.56. The van der Waals surface area contributed by atoms with E-state index in [1.165, 1.54) is 7.11 Å². The van der Waals surface area contributed by atoms with Crippen molar-refractivity contribution in [1.29, 1.82) is 0 Å². The van der Waals surface area contributed by atoms with E-state index in [2.05, 4.69) is 6.07 Å². The van der Waals surface area contributed by atoms with Crippen LogP contribution in [0.1, 0.15) is 0 Å². The van der Waals surface area contributed by atoms with Crippen LogP contribution < -0.4 is 10.5 Å². The van der Waals surface area contributed by atoms with E-state index >= 15 is 0 Å². The van der Waals surface area contributed by atoms with Gasteiger partial charge in [0.15, 0.2) is 0 Å². The molecule has 0 spiro atoms. The summed E-state index contributed by atoms with van der Waals surface area (Å²) in [5, 5.41) is 8.97. The first kappa shape index (κ1) is 6.74. The second-order valence-corrected chi connectivity index (χ2v) is 1.81. The van der Waals surface area contributed by atoms with Crippen molar-refractivity contribution in [3.8, 4) is 11.5 Å². The number of nitrogens with two attached hydrogens (primary N) is 1. The molecular formula is C7H8NO2. The molecule has 3 nitrogen and oxygen atoms in total. The Hall–Kier alpha value is -1.38. The predicted octanol–water partition coefficient (Wildman–Crippen LogP) is 0.783. The van der Waals surface area contributed by atoms with E-state index in [9.17, 15) is 0 Å². The van der Waals surface area contributed by atoms with E-state index in [1.807, 2.05) is 0 Å². The highest BCUT2D eigenvalue weighted by Crippen LogP contribution is 2.28. The van der Waals surface area contributed by atoms with Gasteiger partial charge >= 0.3 is 0 Å². The van der Waals surface area contributed by atoms with Crippen LogP contribution in [0.25, 0.3) is 0 Å². The highest BCUT2D eigenvalue weighted by molar-refractivity contribution is 5.61. The van der Waals surface area contributed by atoms with Crippen LogP contribution in [-0.2, 0) is 0 Å². The van der Waals surface area contributed by atoms with Gasteiger partial charge in [-0.05, 0) is 12.1 Å². The van der Waals surface area contributed by atoms with E-state index in [1.54, 1.807) is 12.1 Å². The van der Waals surface area contributed by atoms with Crippen molar-refractivity contribution in [3.63, 3.8) is 0 Å². The molecule has 1 aromatic rings. The van der Waals surface area contributed by atoms with Gasteiger partial charge < -0.3 is 15.6 Å². The van der Waals surface area contributed by atoms with Crippen LogP contribution >= 0.6 is 0 Å². The molecule has 1 aromatic carbocycles. The molecule has 0 bridgehead atoms. The molecule has 0 aliphatic rings. The lowest BCUT2D eigenvalue weighted by atomic mass is 10.3. The van der Waals surface area contributed by atoms with Crippen molar-refractivity contribution in [1.82, 2.24) is 0 Å². The van der Waals surface area contributed by atoms with Gasteiger partial charge in [-0.25, -0.2) is 0 Å². The molecule has 0 aromatic heterocycles. The fraction of sp³-hybridized carbons (Fsp3) is 0.143. The number of anilines is 1. The highest BCUT2D eigenvalue weighted by atomic mass is 16.5. The molecule has 0 aliphatic carbocycles. The molecule has 0 amide bonds. The first-order valence-electron chi connectivity index (χ1n) is 2.79. The van der Waals surface area contributed by atoms with Crippen LogP contribution in [0.4, 0.5) is 5.69 Å². The summed E-state index contributed by atoms with van der Waals surface area (Å²) in [6, 6.07) is 5.70. The van der Waals surface area contributed by atoms with Gasteiger partial charge in [0.2, 0.25) is 0 Å². The van der Waals surface area contributed by atoms with Crippen LogP contribution in [0.5, 0.6) is 11.5 Å². The summed E-state index contributed by atoms with van der Waals surface area (Å²) in [4.78, 5) is 0. The number of aromatic hydroxyl groups is 1. The monoisotopic (exact) mass is 138 g/mol. The Morgan fingerprint density at radius 2 is 2.40 bits per heavy atom. The van der Waals surface area contributed by atoms with E-state index in [4.69, 9.17) is 15.6 Å². The third-order valence-corrected chi connectivity index (χ3v) is 1.20. The van der Waals surface area contributed by atoms with Crippen LogP contribution in [0.15, 0.2) is 12.1 Å². The average molecular weight is 138 g/mol. The number of phenols is 1. The largest absolute Gasteiger partial charge is 0.505 e. The minimum Gasteiger partial charge on any atom is -0.505 e. The molecule has 1 rings (SSSR count). The Labute approximate surface area is 59.0 Å². The van der Waals surface area contributed by atoms with Crippen molar-refractivity contribution in [2.75, 3.05) is 12.8 Å². The number of hydrogen-bond acceptors (Lipinski definition) is 3. The minimum absolute atomic E-state index is 0.0700. The van der Waals surface area contributed by atoms with Gasteiger partial charge in [0.1, 0.15) is 17.2 Å². The van der Waals surface area contributed by atoms with Crippen LogP contribution in [0.2, 0.25) is 0 Å². The molecular weight excluding hydrogens is 130 g/mol. The van der Waals surface area contributed by atoms with Gasteiger partial charge in [-0.1, -0.05) is 0 Å². The normalized spacial score (nSPS) is 9.30. The molecule has 3 heteroatoms. The average Bonchev–Trinajstić information content (AvgIpc) is 1.95. The molecule has 0 heterocycles. The standard InChI is InChI=1S/C7H8NO2/c1-10-6-4-2-3-5(9)7(6)8/h2,4,9H,8H2,1H3. The second kappa shape index (κ2) is 2.47. The van der Waals surface area contributed by atoms with Gasteiger partial charge in [0.25, 0.3) is 0 Å². The smallest absolute Gasteiger partial charge is 0.150 e. The Bertz CT molecular complexity index is 235. The first-order chi connectivity index (χ1) is 4.75. The molecule has 3 N–H and O–H groups in total. The summed E-state index contributed by atoms with van der Waals surface area (Å²) in [6.45, 7) is 0. The van der Waals surface area contributed by atoms with Crippen molar-refractivity contribution >= 4 is 5.69 Å². The lowest BCUT2D eigenvalue weighted by Crippen LogP contribution is -1.91. The Morgan fingerprint density at radius 3 is 2.90 bits per heavy atom. The fourth-order valence-electron chi connectivity index (χ4n) is 0.659. The summed E-state index contributed by atoms with van der Waals surface area (Å²) in [7, 11) is 1.49. The second-order valence-electron chi connectivity index (χ2n) is 1.81. The first-order valence-corrected chi connectivity index (χ1v) is 2.79. The van der Waals surface area contributed by atoms with E-state index in [0.29, 0.717) is 5.75 Å². The lowest BCUT2D eigenvalue weighted by molar-refractivity contribution is 0.411. The maximum atomic E-state index is 8.97. The number of hydrogen-bond donors (Lipinski definition) is 2. The number of benzene rings is 1. The number of rotatable bonds is 1. The predicted molar refractivity (Wildman–Crippen MR) is 37.9 cm³/mol. The molecule has 0 saturated carbocycles. The van der Waals surface area contributed by atoms with Crippen molar-refractivity contribution in [2.24, 2.45) is 0 Å². The van der Waals surface area contributed by atoms with Crippen molar-refractivity contribution < 1.29 is 9.84 Å². The van der Waals surface area contributed by atoms with Crippen LogP contribution in [-0.4, -0.2) is 12.2 Å². The summed E-state index contributed by atoms with van der Waals surface area (Å²) in [5.74, 6) is 0.399. The fourth-order valence-corrected chi connectivity index (χ4v) is 0.659. The molecule has 53 valence electrons. The Morgan fingerprint density at radius 1 is 1.70 bits per heavy atom. The van der Waals surface area contributed by atoms with Crippen molar-refractivity contribution in [3.05, 3.63) is 18.2 Å². The van der Waals surface area contributed by atoms with E-state index in [-0.39, 0.29) is 11.4 Å². The summed E-state index contributed by atoms with van der Waals surface area (Å²) in [6.07, 6.45) is 0. The quantitative estimate of drug-likeness (QED) is 0.445. The lowest BCUT2D eigenvalue weighted by Gasteiger charge is -2.03. The van der Waals surface area contributed by atoms with Gasteiger partial charge in [-0.15, -0.1) is 0 Å². The molecule has 1 radical (unpaired) electrons. The number of phenolic OH excluding ortho intramolecular Hbond substituents is 1. The van der Waals surface area contributed by atoms with E-state index < -0.39 is 0 Å². The van der Waals surface area contributed by atoms with Crippen molar-refractivity contribution in [2.45, 2.75) is 0 Å². The zero-order valence-electron chi connectivity index (χ0n) is 5.59. The zero-order valence-corrected chi connectivity index (χ0v) is 5.59. The topological polar surface area (TPSA) is 55.5 Å². The minimum atomic E-state index is -0.0700. The maximum absolute atomic E-state index is 8.97. The molecule has 0 aliphatic heterocycles. The molecule has 0 saturated heterocycles. The molecule has 0 unspecified atom stereocenters. The molecule has 0 fully saturated rings. The third kappa shape index (κ3) is 0.978. The molecule has 10 heavy (non-hydrogen) atoms. The number of methoxy groups -OCH3 is 1. The van der Waals surface area contributed by atoms with Crippen LogP contribution in [0, 0.1) is 6.07 Å². The third-order valence-electron chi connectivity index (χ3n) is 1.20. The van der Waals surface area contributed by atoms with Gasteiger partial charge in [-0.3, -0.25) is 0 Å².